The lowest BCUT2D eigenvalue weighted by Gasteiger charge is -2.42. The molecule has 4 rings (SSSR count). The Hall–Kier alpha value is -4.90. The van der Waals surface area contributed by atoms with Crippen LogP contribution in [0.2, 0.25) is 0 Å². The Bertz CT molecular complexity index is 1410. The maximum Gasteiger partial charge on any atom is 0.338 e. The van der Waals surface area contributed by atoms with Crippen molar-refractivity contribution in [3.63, 3.8) is 0 Å². The van der Waals surface area contributed by atoms with Crippen molar-refractivity contribution < 1.29 is 52.0 Å². The van der Waals surface area contributed by atoms with Crippen LogP contribution in [0.5, 0.6) is 0 Å². The number of alkyl halides is 1. The number of ether oxygens (including phenoxy) is 5. The third-order valence-electron chi connectivity index (χ3n) is 6.42. The summed E-state index contributed by atoms with van der Waals surface area (Å²) in [5.41, 5.74) is 0.299. The molecular weight excluding hydrogens is 563 g/mol. The fourth-order valence-corrected chi connectivity index (χ4v) is 4.22. The van der Waals surface area contributed by atoms with Crippen molar-refractivity contribution in [3.05, 3.63) is 108 Å². The molecule has 10 nitrogen and oxygen atoms in total. The van der Waals surface area contributed by atoms with Crippen molar-refractivity contribution in [2.45, 2.75) is 50.5 Å². The van der Waals surface area contributed by atoms with Crippen LogP contribution in [0, 0.1) is 0 Å². The first-order valence-electron chi connectivity index (χ1n) is 13.5. The highest BCUT2D eigenvalue weighted by Gasteiger charge is 2.53. The van der Waals surface area contributed by atoms with Gasteiger partial charge in [0, 0.05) is 6.42 Å². The minimum absolute atomic E-state index is 0.0721. The molecule has 1 unspecified atom stereocenters. The molecular formula is C32H29FO10. The van der Waals surface area contributed by atoms with Crippen molar-refractivity contribution in [1.29, 1.82) is 0 Å². The smallest absolute Gasteiger partial charge is 0.338 e. The van der Waals surface area contributed by atoms with Gasteiger partial charge in [-0.3, -0.25) is 4.79 Å². The number of carbonyl (C=O) groups excluding carboxylic acids is 5. The molecule has 0 amide bonds. The summed E-state index contributed by atoms with van der Waals surface area (Å²) in [6.45, 7) is 0.690. The number of hydrogen-bond donors (Lipinski definition) is 0. The molecule has 0 radical (unpaired) electrons. The topological polar surface area (TPSA) is 132 Å². The van der Waals surface area contributed by atoms with Gasteiger partial charge < -0.3 is 28.5 Å². The van der Waals surface area contributed by atoms with E-state index in [-0.39, 0.29) is 35.3 Å². The number of Topliss-reactive ketones (excluding diaryl/α,β-unsaturated/α-hetero) is 1. The van der Waals surface area contributed by atoms with E-state index in [2.05, 4.69) is 0 Å². The predicted molar refractivity (Wildman–Crippen MR) is 148 cm³/mol. The predicted octanol–water partition coefficient (Wildman–Crippen LogP) is 4.27. The highest BCUT2D eigenvalue weighted by Crippen LogP contribution is 2.31. The quantitative estimate of drug-likeness (QED) is 0.235. The van der Waals surface area contributed by atoms with Gasteiger partial charge in [-0.1, -0.05) is 54.6 Å². The van der Waals surface area contributed by atoms with E-state index in [9.17, 15) is 24.0 Å². The third kappa shape index (κ3) is 8.55. The van der Waals surface area contributed by atoms with E-state index in [0.29, 0.717) is 0 Å². The van der Waals surface area contributed by atoms with Crippen LogP contribution in [0.15, 0.2) is 91.0 Å². The Morgan fingerprint density at radius 3 is 1.49 bits per heavy atom. The molecule has 1 saturated heterocycles. The molecule has 11 heteroatoms. The van der Waals surface area contributed by atoms with E-state index in [4.69, 9.17) is 23.7 Å². The largest absolute Gasteiger partial charge is 0.463 e. The Labute approximate surface area is 246 Å². The Balaban J connectivity index is 1.66. The van der Waals surface area contributed by atoms with Crippen LogP contribution in [0.4, 0.5) is 4.39 Å². The van der Waals surface area contributed by atoms with Crippen LogP contribution in [0.3, 0.4) is 0 Å². The summed E-state index contributed by atoms with van der Waals surface area (Å²) in [5.74, 6) is -3.76. The van der Waals surface area contributed by atoms with Gasteiger partial charge in [0.2, 0.25) is 6.36 Å². The number of hydrogen-bond acceptors (Lipinski definition) is 10. The van der Waals surface area contributed by atoms with Crippen LogP contribution in [-0.2, 0) is 33.3 Å². The van der Waals surface area contributed by atoms with E-state index >= 15 is 4.39 Å². The van der Waals surface area contributed by atoms with Gasteiger partial charge in [0.15, 0.2) is 18.3 Å². The minimum atomic E-state index is -2.38. The standard InChI is InChI=1S/C32H29FO10/c1-20(34)17-18-25(35)39-19-24-26(41-30(36)21-11-5-2-6-12-21)27(42-31(37)22-13-7-3-8-14-22)28(29(33)40-24)43-32(38)23-15-9-4-10-16-23/h2-16,24,26-29H,17-19H2,1H3/t24-,26+,27+,28-,29?/m1/s1. The lowest BCUT2D eigenvalue weighted by Crippen LogP contribution is -2.61. The summed E-state index contributed by atoms with van der Waals surface area (Å²) in [6.07, 6.45) is -9.37. The first-order valence-corrected chi connectivity index (χ1v) is 13.5. The zero-order chi connectivity index (χ0) is 30.8. The van der Waals surface area contributed by atoms with E-state index in [0.717, 1.165) is 0 Å². The summed E-state index contributed by atoms with van der Waals surface area (Å²) < 4.78 is 43.1. The van der Waals surface area contributed by atoms with E-state index in [1.54, 1.807) is 54.6 Å². The highest BCUT2D eigenvalue weighted by molar-refractivity contribution is 5.91. The van der Waals surface area contributed by atoms with Crippen LogP contribution in [-0.4, -0.2) is 67.0 Å². The second-order valence-electron chi connectivity index (χ2n) is 9.62. The van der Waals surface area contributed by atoms with Gasteiger partial charge in [-0.05, 0) is 43.3 Å². The summed E-state index contributed by atoms with van der Waals surface area (Å²) in [5, 5.41) is 0. The average molecular weight is 593 g/mol. The van der Waals surface area contributed by atoms with Crippen molar-refractivity contribution in [1.82, 2.24) is 0 Å². The van der Waals surface area contributed by atoms with Crippen LogP contribution in [0.25, 0.3) is 0 Å². The van der Waals surface area contributed by atoms with Gasteiger partial charge in [-0.15, -0.1) is 0 Å². The van der Waals surface area contributed by atoms with Crippen LogP contribution >= 0.6 is 0 Å². The van der Waals surface area contributed by atoms with Gasteiger partial charge in [0.1, 0.15) is 18.5 Å². The molecule has 1 aliphatic heterocycles. The van der Waals surface area contributed by atoms with Crippen LogP contribution in [0.1, 0.15) is 50.8 Å². The molecule has 43 heavy (non-hydrogen) atoms. The molecule has 0 spiro atoms. The molecule has 1 fully saturated rings. The molecule has 0 saturated carbocycles. The summed E-state index contributed by atoms with van der Waals surface area (Å²) in [6, 6.07) is 23.3. The Morgan fingerprint density at radius 2 is 1.05 bits per heavy atom. The monoisotopic (exact) mass is 592 g/mol. The molecule has 3 aromatic carbocycles. The van der Waals surface area contributed by atoms with Crippen LogP contribution < -0.4 is 0 Å². The first-order chi connectivity index (χ1) is 20.7. The first kappa shape index (κ1) is 31.0. The summed E-state index contributed by atoms with van der Waals surface area (Å²) in [7, 11) is 0. The summed E-state index contributed by atoms with van der Waals surface area (Å²) >= 11 is 0. The molecule has 5 atom stereocenters. The lowest BCUT2D eigenvalue weighted by atomic mass is 9.98. The molecule has 3 aromatic rings. The highest BCUT2D eigenvalue weighted by atomic mass is 19.1. The van der Waals surface area contributed by atoms with E-state index in [1.807, 2.05) is 0 Å². The zero-order valence-corrected chi connectivity index (χ0v) is 23.1. The van der Waals surface area contributed by atoms with Gasteiger partial charge in [0.05, 0.1) is 23.1 Å². The fourth-order valence-electron chi connectivity index (χ4n) is 4.22. The SMILES string of the molecule is CC(=O)CCC(=O)OC[C@H]1OC(F)[C@H](OC(=O)c2ccccc2)[C@@H](OC(=O)c2ccccc2)[C@H]1OC(=O)c1ccccc1. The number of halogens is 1. The second kappa shape index (κ2) is 14.8. The maximum absolute atomic E-state index is 15.7. The number of ketones is 1. The van der Waals surface area contributed by atoms with E-state index < -0.39 is 61.3 Å². The van der Waals surface area contributed by atoms with Crippen molar-refractivity contribution in [2.24, 2.45) is 0 Å². The van der Waals surface area contributed by atoms with Crippen molar-refractivity contribution in [3.8, 4) is 0 Å². The Kier molecular flexibility index (Phi) is 10.7. The molecule has 0 aliphatic carbocycles. The van der Waals surface area contributed by atoms with Crippen molar-refractivity contribution >= 4 is 29.7 Å². The minimum Gasteiger partial charge on any atom is -0.463 e. The molecule has 0 bridgehead atoms. The van der Waals surface area contributed by atoms with Gasteiger partial charge in [-0.25, -0.2) is 18.8 Å². The third-order valence-corrected chi connectivity index (χ3v) is 6.42. The van der Waals surface area contributed by atoms with Gasteiger partial charge in [0.25, 0.3) is 0 Å². The number of benzene rings is 3. The molecule has 1 heterocycles. The maximum atomic E-state index is 15.7. The molecule has 1 aliphatic rings. The number of esters is 4. The number of rotatable bonds is 11. The average Bonchev–Trinajstić information content (AvgIpc) is 3.03. The van der Waals surface area contributed by atoms with Gasteiger partial charge >= 0.3 is 23.9 Å². The number of carbonyl (C=O) groups is 5. The normalized spacial score (nSPS) is 21.2. The lowest BCUT2D eigenvalue weighted by molar-refractivity contribution is -0.262. The summed E-state index contributed by atoms with van der Waals surface area (Å²) in [4.78, 5) is 62.8. The molecule has 224 valence electrons. The molecule has 0 aromatic heterocycles. The van der Waals surface area contributed by atoms with Crippen molar-refractivity contribution in [2.75, 3.05) is 6.61 Å². The fraction of sp³-hybridized carbons (Fsp3) is 0.281. The zero-order valence-electron chi connectivity index (χ0n) is 23.1. The van der Waals surface area contributed by atoms with E-state index in [1.165, 1.54) is 43.3 Å². The van der Waals surface area contributed by atoms with Gasteiger partial charge in [-0.2, -0.15) is 0 Å². The molecule has 0 N–H and O–H groups in total. The Morgan fingerprint density at radius 1 is 0.628 bits per heavy atom. The second-order valence-corrected chi connectivity index (χ2v) is 9.62.